The SMILES string of the molecule is O=C(Nc1ccccc1)Oc1cccc2c1CC(O)CC2. The van der Waals surface area contributed by atoms with Gasteiger partial charge in [0.15, 0.2) is 0 Å². The zero-order chi connectivity index (χ0) is 14.7. The fourth-order valence-electron chi connectivity index (χ4n) is 2.60. The van der Waals surface area contributed by atoms with Crippen molar-refractivity contribution in [2.24, 2.45) is 0 Å². The van der Waals surface area contributed by atoms with E-state index < -0.39 is 6.09 Å². The van der Waals surface area contributed by atoms with Gasteiger partial charge >= 0.3 is 6.09 Å². The van der Waals surface area contributed by atoms with Gasteiger partial charge in [0, 0.05) is 17.7 Å². The predicted octanol–water partition coefficient (Wildman–Crippen LogP) is 3.15. The van der Waals surface area contributed by atoms with Gasteiger partial charge in [0.05, 0.1) is 6.10 Å². The quantitative estimate of drug-likeness (QED) is 0.890. The minimum absolute atomic E-state index is 0.362. The van der Waals surface area contributed by atoms with Crippen molar-refractivity contribution in [3.63, 3.8) is 0 Å². The Kier molecular flexibility index (Phi) is 3.88. The zero-order valence-electron chi connectivity index (χ0n) is 11.6. The lowest BCUT2D eigenvalue weighted by Crippen LogP contribution is -2.22. The van der Waals surface area contributed by atoms with Gasteiger partial charge in [-0.1, -0.05) is 30.3 Å². The first-order valence-electron chi connectivity index (χ1n) is 7.05. The van der Waals surface area contributed by atoms with Crippen LogP contribution >= 0.6 is 0 Å². The average Bonchev–Trinajstić information content (AvgIpc) is 2.49. The van der Waals surface area contributed by atoms with Crippen LogP contribution < -0.4 is 10.1 Å². The largest absolute Gasteiger partial charge is 0.417 e. The standard InChI is InChI=1S/C17H17NO3/c19-14-10-9-12-5-4-8-16(15(12)11-14)21-17(20)18-13-6-2-1-3-7-13/h1-8,14,19H,9-11H2,(H,18,20). The number of carbonyl (C=O) groups excluding carboxylic acids is 1. The third-order valence-electron chi connectivity index (χ3n) is 3.64. The molecule has 0 saturated carbocycles. The van der Waals surface area contributed by atoms with Gasteiger partial charge in [0.1, 0.15) is 5.75 Å². The maximum absolute atomic E-state index is 12.0. The Balaban J connectivity index is 1.75. The van der Waals surface area contributed by atoms with Gasteiger partial charge < -0.3 is 9.84 Å². The van der Waals surface area contributed by atoms with Crippen LogP contribution in [0, 0.1) is 0 Å². The normalized spacial score (nSPS) is 16.9. The second kappa shape index (κ2) is 5.97. The number of carbonyl (C=O) groups is 1. The van der Waals surface area contributed by atoms with E-state index in [0.29, 0.717) is 17.9 Å². The summed E-state index contributed by atoms with van der Waals surface area (Å²) >= 11 is 0. The summed E-state index contributed by atoms with van der Waals surface area (Å²) in [5.41, 5.74) is 2.76. The molecular formula is C17H17NO3. The first-order valence-corrected chi connectivity index (χ1v) is 7.05. The molecule has 0 radical (unpaired) electrons. The maximum Gasteiger partial charge on any atom is 0.417 e. The lowest BCUT2D eigenvalue weighted by molar-refractivity contribution is 0.156. The van der Waals surface area contributed by atoms with E-state index in [2.05, 4.69) is 5.32 Å². The zero-order valence-corrected chi connectivity index (χ0v) is 11.6. The van der Waals surface area contributed by atoms with Crippen molar-refractivity contribution >= 4 is 11.8 Å². The van der Waals surface area contributed by atoms with Gasteiger partial charge in [-0.2, -0.15) is 0 Å². The first kappa shape index (κ1) is 13.6. The molecule has 1 aliphatic carbocycles. The molecule has 0 fully saturated rings. The molecule has 2 aromatic carbocycles. The number of para-hydroxylation sites is 1. The summed E-state index contributed by atoms with van der Waals surface area (Å²) in [4.78, 5) is 12.0. The fourth-order valence-corrected chi connectivity index (χ4v) is 2.60. The number of anilines is 1. The summed E-state index contributed by atoms with van der Waals surface area (Å²) in [7, 11) is 0. The Morgan fingerprint density at radius 1 is 1.14 bits per heavy atom. The third kappa shape index (κ3) is 3.23. The van der Waals surface area contributed by atoms with Crippen molar-refractivity contribution < 1.29 is 14.6 Å². The van der Waals surface area contributed by atoms with Crippen LogP contribution in [0.3, 0.4) is 0 Å². The van der Waals surface area contributed by atoms with E-state index >= 15 is 0 Å². The van der Waals surface area contributed by atoms with Gasteiger partial charge in [0.2, 0.25) is 0 Å². The summed E-state index contributed by atoms with van der Waals surface area (Å²) in [6.07, 6.45) is 1.22. The highest BCUT2D eigenvalue weighted by molar-refractivity contribution is 5.86. The van der Waals surface area contributed by atoms with E-state index in [1.165, 1.54) is 0 Å². The molecular weight excluding hydrogens is 266 g/mol. The molecule has 0 spiro atoms. The van der Waals surface area contributed by atoms with Crippen molar-refractivity contribution in [1.29, 1.82) is 0 Å². The number of nitrogens with one attached hydrogen (secondary N) is 1. The van der Waals surface area contributed by atoms with Crippen molar-refractivity contribution in [3.05, 3.63) is 59.7 Å². The second-order valence-corrected chi connectivity index (χ2v) is 5.17. The highest BCUT2D eigenvalue weighted by atomic mass is 16.6. The summed E-state index contributed by atoms with van der Waals surface area (Å²) in [5, 5.41) is 12.5. The van der Waals surface area contributed by atoms with Crippen LogP contribution in [0.15, 0.2) is 48.5 Å². The Morgan fingerprint density at radius 2 is 1.95 bits per heavy atom. The third-order valence-corrected chi connectivity index (χ3v) is 3.64. The molecule has 108 valence electrons. The summed E-state index contributed by atoms with van der Waals surface area (Å²) in [6, 6.07) is 14.8. The van der Waals surface area contributed by atoms with Crippen molar-refractivity contribution in [2.45, 2.75) is 25.4 Å². The van der Waals surface area contributed by atoms with Gasteiger partial charge in [0.25, 0.3) is 0 Å². The molecule has 0 aliphatic heterocycles. The molecule has 0 aromatic heterocycles. The maximum atomic E-state index is 12.0. The molecule has 2 N–H and O–H groups in total. The lowest BCUT2D eigenvalue weighted by Gasteiger charge is -2.22. The summed E-state index contributed by atoms with van der Waals surface area (Å²) < 4.78 is 5.40. The van der Waals surface area contributed by atoms with Crippen LogP contribution in [0.2, 0.25) is 0 Å². The molecule has 0 bridgehead atoms. The second-order valence-electron chi connectivity index (χ2n) is 5.17. The monoisotopic (exact) mass is 283 g/mol. The van der Waals surface area contributed by atoms with Crippen LogP contribution in [0.5, 0.6) is 5.75 Å². The van der Waals surface area contributed by atoms with E-state index in [4.69, 9.17) is 4.74 Å². The van der Waals surface area contributed by atoms with E-state index in [0.717, 1.165) is 24.0 Å². The first-order chi connectivity index (χ1) is 10.2. The molecule has 4 nitrogen and oxygen atoms in total. The topological polar surface area (TPSA) is 58.6 Å². The molecule has 1 unspecified atom stereocenters. The predicted molar refractivity (Wildman–Crippen MR) is 80.6 cm³/mol. The number of amides is 1. The number of benzene rings is 2. The van der Waals surface area contributed by atoms with Crippen molar-refractivity contribution in [2.75, 3.05) is 5.32 Å². The van der Waals surface area contributed by atoms with Gasteiger partial charge in [-0.25, -0.2) is 4.79 Å². The number of aryl methyl sites for hydroxylation is 1. The number of aliphatic hydroxyl groups excluding tert-OH is 1. The minimum Gasteiger partial charge on any atom is -0.410 e. The van der Waals surface area contributed by atoms with E-state index in [1.807, 2.05) is 30.3 Å². The molecule has 3 rings (SSSR count). The molecule has 1 aliphatic rings. The number of aliphatic hydroxyl groups is 1. The fraction of sp³-hybridized carbons (Fsp3) is 0.235. The van der Waals surface area contributed by atoms with Gasteiger partial charge in [-0.15, -0.1) is 0 Å². The molecule has 4 heteroatoms. The van der Waals surface area contributed by atoms with Crippen molar-refractivity contribution in [1.82, 2.24) is 0 Å². The Hall–Kier alpha value is -2.33. The van der Waals surface area contributed by atoms with Crippen molar-refractivity contribution in [3.8, 4) is 5.75 Å². The number of rotatable bonds is 2. The van der Waals surface area contributed by atoms with E-state index in [1.54, 1.807) is 18.2 Å². The van der Waals surface area contributed by atoms with Crippen LogP contribution in [-0.4, -0.2) is 17.3 Å². The Labute approximate surface area is 123 Å². The average molecular weight is 283 g/mol. The Morgan fingerprint density at radius 3 is 2.76 bits per heavy atom. The van der Waals surface area contributed by atoms with E-state index in [-0.39, 0.29) is 6.10 Å². The highest BCUT2D eigenvalue weighted by Gasteiger charge is 2.21. The van der Waals surface area contributed by atoms with Crippen LogP contribution in [0.25, 0.3) is 0 Å². The molecule has 0 heterocycles. The minimum atomic E-state index is -0.519. The van der Waals surface area contributed by atoms with Crippen LogP contribution in [0.4, 0.5) is 10.5 Å². The molecule has 0 saturated heterocycles. The number of fused-ring (bicyclic) bond motifs is 1. The number of hydrogen-bond donors (Lipinski definition) is 2. The van der Waals surface area contributed by atoms with Gasteiger partial charge in [-0.05, 0) is 36.6 Å². The molecule has 21 heavy (non-hydrogen) atoms. The molecule has 1 atom stereocenters. The van der Waals surface area contributed by atoms with Crippen LogP contribution in [0.1, 0.15) is 17.5 Å². The Bertz CT molecular complexity index is 640. The smallest absolute Gasteiger partial charge is 0.410 e. The van der Waals surface area contributed by atoms with Gasteiger partial charge in [-0.3, -0.25) is 5.32 Å². The van der Waals surface area contributed by atoms with E-state index in [9.17, 15) is 9.90 Å². The highest BCUT2D eigenvalue weighted by Crippen LogP contribution is 2.30. The molecule has 1 amide bonds. The number of hydrogen-bond acceptors (Lipinski definition) is 3. The number of ether oxygens (including phenoxy) is 1. The lowest BCUT2D eigenvalue weighted by atomic mass is 9.89. The summed E-state index contributed by atoms with van der Waals surface area (Å²) in [5.74, 6) is 0.527. The molecule has 2 aromatic rings. The summed E-state index contributed by atoms with van der Waals surface area (Å²) in [6.45, 7) is 0. The van der Waals surface area contributed by atoms with Crippen LogP contribution in [-0.2, 0) is 12.8 Å².